The standard InChI is InChI=1S/C74H130NO8P/c1-6-8-10-12-14-16-18-20-22-24-26-28-30-31-32-33-34-35-36-37-38-39-40-41-42-43-45-46-48-50-52-54-56-58-60-62-64-66-73(76)80-70-72(71-82-84(78,79)81-69-68-75(3,4)5)83-74(77)67-65-63-61-59-57-55-53-51-49-47-44-29-27-25-23-21-19-17-15-13-11-9-7-2/h9,11,15,17-18,20-21,23-24,26-27,29-31,47,49,53,55,72H,6-8,10,12-14,16,19,22,25,28,32-46,48,50-52,54,56-71H2,1-5H3/b11-9-,17-15-,20-18-,23-21-,26-24-,29-27-,31-30-,49-47-,55-53-. The molecule has 0 bridgehead atoms. The Labute approximate surface area is 518 Å². The van der Waals surface area contributed by atoms with Gasteiger partial charge in [0.15, 0.2) is 6.10 Å². The molecule has 0 aliphatic carbocycles. The Bertz CT molecular complexity index is 1790. The molecule has 0 heterocycles. The lowest BCUT2D eigenvalue weighted by molar-refractivity contribution is -0.870. The van der Waals surface area contributed by atoms with Crippen LogP contribution in [0.3, 0.4) is 0 Å². The highest BCUT2D eigenvalue weighted by molar-refractivity contribution is 7.45. The van der Waals surface area contributed by atoms with Crippen molar-refractivity contribution in [2.75, 3.05) is 47.5 Å². The average molecular weight is 1190 g/mol. The molecule has 0 aliphatic rings. The first-order valence-corrected chi connectivity index (χ1v) is 36.1. The quantitative estimate of drug-likeness (QED) is 0.0195. The van der Waals surface area contributed by atoms with Crippen molar-refractivity contribution in [2.24, 2.45) is 0 Å². The van der Waals surface area contributed by atoms with Crippen LogP contribution in [0.5, 0.6) is 0 Å². The Morgan fingerprint density at radius 3 is 1.01 bits per heavy atom. The fourth-order valence-electron chi connectivity index (χ4n) is 9.49. The maximum Gasteiger partial charge on any atom is 0.306 e. The van der Waals surface area contributed by atoms with Crippen molar-refractivity contribution in [1.82, 2.24) is 0 Å². The molecule has 0 aromatic carbocycles. The zero-order valence-electron chi connectivity index (χ0n) is 55.1. The minimum absolute atomic E-state index is 0.0403. The van der Waals surface area contributed by atoms with Crippen molar-refractivity contribution in [1.29, 1.82) is 0 Å². The molecule has 2 atom stereocenters. The highest BCUT2D eigenvalue weighted by Gasteiger charge is 2.22. The van der Waals surface area contributed by atoms with Gasteiger partial charge < -0.3 is 27.9 Å². The Morgan fingerprint density at radius 2 is 0.679 bits per heavy atom. The van der Waals surface area contributed by atoms with Crippen molar-refractivity contribution < 1.29 is 42.1 Å². The lowest BCUT2D eigenvalue weighted by atomic mass is 10.0. The van der Waals surface area contributed by atoms with Crippen LogP contribution in [0.15, 0.2) is 109 Å². The van der Waals surface area contributed by atoms with Crippen LogP contribution in [0.1, 0.15) is 296 Å². The van der Waals surface area contributed by atoms with E-state index in [2.05, 4.69) is 123 Å². The molecule has 84 heavy (non-hydrogen) atoms. The highest BCUT2D eigenvalue weighted by atomic mass is 31.2. The van der Waals surface area contributed by atoms with Crippen LogP contribution >= 0.6 is 7.82 Å². The maximum absolute atomic E-state index is 12.8. The third-order valence-corrected chi connectivity index (χ3v) is 15.7. The number of carbonyl (C=O) groups excluding carboxylic acids is 2. The zero-order valence-corrected chi connectivity index (χ0v) is 56.0. The molecule has 0 aromatic heterocycles. The number of rotatable bonds is 63. The van der Waals surface area contributed by atoms with Gasteiger partial charge in [0, 0.05) is 12.8 Å². The molecular formula is C74H130NO8P. The number of quaternary nitrogens is 1. The van der Waals surface area contributed by atoms with Gasteiger partial charge in [-0.3, -0.25) is 14.2 Å². The number of unbranched alkanes of at least 4 members (excludes halogenated alkanes) is 31. The van der Waals surface area contributed by atoms with Crippen LogP contribution in [0.25, 0.3) is 0 Å². The average Bonchev–Trinajstić information content (AvgIpc) is 3.61. The number of hydrogen-bond acceptors (Lipinski definition) is 8. The SMILES string of the molecule is CC/C=C\C/C=C\C/C=C\C/C=C\C/C=C\C/C=C\CCCCCCC(=O)OC(COC(=O)CCCCCCCCCCCCCCCCCCCCCCCC/C=C\C/C=C\C/C=C\CCCCCCC)COP(=O)([O-])OCC[N+](C)(C)C. The molecule has 0 saturated carbocycles. The van der Waals surface area contributed by atoms with Crippen molar-refractivity contribution in [3.05, 3.63) is 109 Å². The van der Waals surface area contributed by atoms with Gasteiger partial charge in [-0.2, -0.15) is 0 Å². The number of likely N-dealkylation sites (N-methyl/N-ethyl adjacent to an activating group) is 1. The van der Waals surface area contributed by atoms with E-state index in [-0.39, 0.29) is 32.0 Å². The van der Waals surface area contributed by atoms with E-state index in [1.165, 1.54) is 167 Å². The van der Waals surface area contributed by atoms with Crippen molar-refractivity contribution >= 4 is 19.8 Å². The summed E-state index contributed by atoms with van der Waals surface area (Å²) < 4.78 is 34.2. The molecule has 0 radical (unpaired) electrons. The first kappa shape index (κ1) is 80.7. The van der Waals surface area contributed by atoms with Crippen LogP contribution in [-0.4, -0.2) is 70.0 Å². The molecule has 0 saturated heterocycles. The largest absolute Gasteiger partial charge is 0.756 e. The van der Waals surface area contributed by atoms with E-state index in [9.17, 15) is 19.0 Å². The van der Waals surface area contributed by atoms with Crippen LogP contribution in [0.2, 0.25) is 0 Å². The Balaban J connectivity index is 4.03. The van der Waals surface area contributed by atoms with Crippen LogP contribution in [-0.2, 0) is 32.7 Å². The number of phosphoric acid groups is 1. The lowest BCUT2D eigenvalue weighted by Crippen LogP contribution is -2.37. The monoisotopic (exact) mass is 1190 g/mol. The normalized spacial score (nSPS) is 13.8. The van der Waals surface area contributed by atoms with Crippen molar-refractivity contribution in [2.45, 2.75) is 302 Å². The van der Waals surface area contributed by atoms with E-state index >= 15 is 0 Å². The number of carbonyl (C=O) groups is 2. The summed E-state index contributed by atoms with van der Waals surface area (Å²) in [4.78, 5) is 38.0. The van der Waals surface area contributed by atoms with Crippen LogP contribution in [0.4, 0.5) is 0 Å². The van der Waals surface area contributed by atoms with Gasteiger partial charge in [0.05, 0.1) is 27.7 Å². The van der Waals surface area contributed by atoms with E-state index in [1.54, 1.807) is 0 Å². The van der Waals surface area contributed by atoms with Crippen molar-refractivity contribution in [3.8, 4) is 0 Å². The van der Waals surface area contributed by atoms with Gasteiger partial charge in [0.2, 0.25) is 0 Å². The molecule has 484 valence electrons. The second-order valence-corrected chi connectivity index (χ2v) is 25.6. The summed E-state index contributed by atoms with van der Waals surface area (Å²) in [5.74, 6) is -0.859. The van der Waals surface area contributed by atoms with Gasteiger partial charge in [-0.1, -0.05) is 290 Å². The van der Waals surface area contributed by atoms with E-state index in [0.29, 0.717) is 17.4 Å². The Morgan fingerprint density at radius 1 is 0.381 bits per heavy atom. The number of phosphoric ester groups is 1. The molecule has 0 fully saturated rings. The van der Waals surface area contributed by atoms with Crippen LogP contribution < -0.4 is 4.89 Å². The number of nitrogens with zero attached hydrogens (tertiary/aromatic N) is 1. The molecular weight excluding hydrogens is 1060 g/mol. The summed E-state index contributed by atoms with van der Waals surface area (Å²) in [6, 6.07) is 0. The summed E-state index contributed by atoms with van der Waals surface area (Å²) >= 11 is 0. The number of esters is 2. The first-order chi connectivity index (χ1) is 41.0. The van der Waals surface area contributed by atoms with Crippen molar-refractivity contribution in [3.63, 3.8) is 0 Å². The first-order valence-electron chi connectivity index (χ1n) is 34.6. The van der Waals surface area contributed by atoms with Crippen LogP contribution in [0, 0.1) is 0 Å². The number of hydrogen-bond donors (Lipinski definition) is 0. The molecule has 0 aliphatic heterocycles. The fourth-order valence-corrected chi connectivity index (χ4v) is 10.2. The summed E-state index contributed by atoms with van der Waals surface area (Å²) in [5.41, 5.74) is 0. The van der Waals surface area contributed by atoms with Gasteiger partial charge in [-0.05, 0) is 103 Å². The molecule has 10 heteroatoms. The number of allylic oxidation sites excluding steroid dienone is 18. The van der Waals surface area contributed by atoms with E-state index in [1.807, 2.05) is 21.1 Å². The van der Waals surface area contributed by atoms with Gasteiger partial charge in [0.1, 0.15) is 19.8 Å². The zero-order chi connectivity index (χ0) is 61.2. The molecule has 2 unspecified atom stereocenters. The highest BCUT2D eigenvalue weighted by Crippen LogP contribution is 2.38. The molecule has 0 rings (SSSR count). The second-order valence-electron chi connectivity index (χ2n) is 24.2. The van der Waals surface area contributed by atoms with Gasteiger partial charge >= 0.3 is 11.9 Å². The Kier molecular flexibility index (Phi) is 61.6. The van der Waals surface area contributed by atoms with Gasteiger partial charge in [0.25, 0.3) is 7.82 Å². The molecule has 0 spiro atoms. The fraction of sp³-hybridized carbons (Fsp3) is 0.730. The van der Waals surface area contributed by atoms with E-state index in [4.69, 9.17) is 18.5 Å². The smallest absolute Gasteiger partial charge is 0.306 e. The predicted octanol–water partition coefficient (Wildman–Crippen LogP) is 21.9. The summed E-state index contributed by atoms with van der Waals surface area (Å²) in [5, 5.41) is 0. The molecule has 0 amide bonds. The van der Waals surface area contributed by atoms with Gasteiger partial charge in [-0.15, -0.1) is 0 Å². The van der Waals surface area contributed by atoms with E-state index in [0.717, 1.165) is 96.3 Å². The lowest BCUT2D eigenvalue weighted by Gasteiger charge is -2.28. The minimum atomic E-state index is -4.65. The third-order valence-electron chi connectivity index (χ3n) is 14.8. The van der Waals surface area contributed by atoms with Gasteiger partial charge in [-0.25, -0.2) is 0 Å². The predicted molar refractivity (Wildman–Crippen MR) is 360 cm³/mol. The second kappa shape index (κ2) is 64.2. The minimum Gasteiger partial charge on any atom is -0.756 e. The summed E-state index contributed by atoms with van der Waals surface area (Å²) in [6.07, 6.45) is 90.3. The Hall–Kier alpha value is -3.33. The number of ether oxygens (including phenoxy) is 2. The summed E-state index contributed by atoms with van der Waals surface area (Å²) in [7, 11) is 1.14. The van der Waals surface area contributed by atoms with E-state index < -0.39 is 26.5 Å². The topological polar surface area (TPSA) is 111 Å². The molecule has 0 N–H and O–H groups in total. The summed E-state index contributed by atoms with van der Waals surface area (Å²) in [6.45, 7) is 4.10. The molecule has 0 aromatic rings. The molecule has 9 nitrogen and oxygen atoms in total. The third kappa shape index (κ3) is 67.8. The maximum atomic E-state index is 12.8.